The minimum atomic E-state index is 0.345. The minimum Gasteiger partial charge on any atom is -0.375 e. The van der Waals surface area contributed by atoms with E-state index >= 15 is 0 Å². The number of thioether (sulfide) groups is 1. The van der Waals surface area contributed by atoms with E-state index in [1.165, 1.54) is 9.35 Å². The van der Waals surface area contributed by atoms with Crippen LogP contribution in [0, 0.1) is 0 Å². The van der Waals surface area contributed by atoms with Crippen molar-refractivity contribution in [3.8, 4) is 0 Å². The number of rotatable bonds is 4. The molecule has 5 heteroatoms. The van der Waals surface area contributed by atoms with Gasteiger partial charge in [0.05, 0.1) is 12.7 Å². The molecule has 1 saturated heterocycles. The van der Waals surface area contributed by atoms with Gasteiger partial charge in [0.15, 0.2) is 0 Å². The van der Waals surface area contributed by atoms with Crippen molar-refractivity contribution >= 4 is 39.0 Å². The molecule has 16 heavy (non-hydrogen) atoms. The summed E-state index contributed by atoms with van der Waals surface area (Å²) in [6, 6.07) is 2.53. The molecule has 90 valence electrons. The second-order valence-electron chi connectivity index (χ2n) is 3.78. The van der Waals surface area contributed by atoms with E-state index in [2.05, 4.69) is 32.7 Å². The highest BCUT2D eigenvalue weighted by atomic mass is 79.9. The van der Waals surface area contributed by atoms with Gasteiger partial charge in [-0.2, -0.15) is 11.8 Å². The first-order valence-electron chi connectivity index (χ1n) is 5.39. The molecule has 0 aromatic carbocycles. The van der Waals surface area contributed by atoms with Gasteiger partial charge in [0.25, 0.3) is 0 Å². The summed E-state index contributed by atoms with van der Waals surface area (Å²) in [5.74, 6) is 2.24. The molecule has 1 aliphatic heterocycles. The van der Waals surface area contributed by atoms with Crippen LogP contribution in [0.15, 0.2) is 15.9 Å². The van der Waals surface area contributed by atoms with Crippen molar-refractivity contribution in [1.29, 1.82) is 0 Å². The number of halogens is 1. The fourth-order valence-electron chi connectivity index (χ4n) is 1.83. The van der Waals surface area contributed by atoms with Gasteiger partial charge in [-0.25, -0.2) is 0 Å². The first-order valence-corrected chi connectivity index (χ1v) is 8.22. The number of thiophene rings is 1. The van der Waals surface area contributed by atoms with E-state index in [1.807, 2.05) is 30.1 Å². The molecule has 1 N–H and O–H groups in total. The van der Waals surface area contributed by atoms with Gasteiger partial charge >= 0.3 is 0 Å². The largest absolute Gasteiger partial charge is 0.375 e. The second kappa shape index (κ2) is 6.40. The highest BCUT2D eigenvalue weighted by molar-refractivity contribution is 9.10. The number of likely N-dealkylation sites (N-methyl/N-ethyl adjacent to an activating group) is 1. The number of ether oxygens (including phenoxy) is 1. The Hall–Kier alpha value is 0.450. The predicted octanol–water partition coefficient (Wildman–Crippen LogP) is 2.77. The quantitative estimate of drug-likeness (QED) is 0.921. The SMILES string of the molecule is CNC(Cc1sccc1Br)C1CSCCO1. The van der Waals surface area contributed by atoms with E-state index in [-0.39, 0.29) is 0 Å². The van der Waals surface area contributed by atoms with Crippen molar-refractivity contribution in [1.82, 2.24) is 5.32 Å². The van der Waals surface area contributed by atoms with E-state index in [0.717, 1.165) is 24.5 Å². The van der Waals surface area contributed by atoms with Gasteiger partial charge < -0.3 is 10.1 Å². The van der Waals surface area contributed by atoms with Gasteiger partial charge in [-0.3, -0.25) is 0 Å². The standard InChI is InChI=1S/C11H16BrNOS2/c1-13-9(10-7-15-5-3-14-10)6-11-8(12)2-4-16-11/h2,4,9-10,13H,3,5-7H2,1H3. The van der Waals surface area contributed by atoms with Crippen LogP contribution in [0.5, 0.6) is 0 Å². The summed E-state index contributed by atoms with van der Waals surface area (Å²) in [5, 5.41) is 5.51. The van der Waals surface area contributed by atoms with E-state index in [9.17, 15) is 0 Å². The molecule has 2 atom stereocenters. The van der Waals surface area contributed by atoms with Gasteiger partial charge in [0.2, 0.25) is 0 Å². The first-order chi connectivity index (χ1) is 7.81. The highest BCUT2D eigenvalue weighted by Crippen LogP contribution is 2.26. The summed E-state index contributed by atoms with van der Waals surface area (Å²) >= 11 is 7.38. The van der Waals surface area contributed by atoms with E-state index in [0.29, 0.717) is 12.1 Å². The Morgan fingerprint density at radius 3 is 3.12 bits per heavy atom. The third-order valence-corrected chi connectivity index (χ3v) is 5.73. The molecule has 0 bridgehead atoms. The number of hydrogen-bond acceptors (Lipinski definition) is 4. The lowest BCUT2D eigenvalue weighted by Crippen LogP contribution is -2.44. The Labute approximate surface area is 113 Å². The molecule has 1 aromatic rings. The second-order valence-corrected chi connectivity index (χ2v) is 6.78. The Kier molecular flexibility index (Phi) is 5.16. The average Bonchev–Trinajstić information content (AvgIpc) is 2.73. The van der Waals surface area contributed by atoms with E-state index in [1.54, 1.807) is 0 Å². The normalized spacial score (nSPS) is 23.2. The molecule has 0 radical (unpaired) electrons. The lowest BCUT2D eigenvalue weighted by atomic mass is 10.1. The first kappa shape index (κ1) is 12.9. The maximum Gasteiger partial charge on any atom is 0.0822 e. The third kappa shape index (κ3) is 3.23. The molecule has 0 amide bonds. The molecule has 0 saturated carbocycles. The van der Waals surface area contributed by atoms with Crippen LogP contribution in [-0.4, -0.2) is 37.3 Å². The van der Waals surface area contributed by atoms with Gasteiger partial charge in [-0.15, -0.1) is 11.3 Å². The maximum atomic E-state index is 5.83. The molecule has 1 aromatic heterocycles. The molecule has 2 heterocycles. The fraction of sp³-hybridized carbons (Fsp3) is 0.636. The summed E-state index contributed by atoms with van der Waals surface area (Å²) in [6.45, 7) is 0.888. The van der Waals surface area contributed by atoms with Crippen molar-refractivity contribution in [3.63, 3.8) is 0 Å². The number of nitrogens with one attached hydrogen (secondary N) is 1. The summed E-state index contributed by atoms with van der Waals surface area (Å²) < 4.78 is 7.05. The van der Waals surface area contributed by atoms with Crippen LogP contribution in [-0.2, 0) is 11.2 Å². The Balaban J connectivity index is 1.97. The highest BCUT2D eigenvalue weighted by Gasteiger charge is 2.24. The molecular weight excluding hydrogens is 306 g/mol. The summed E-state index contributed by atoms with van der Waals surface area (Å²) in [7, 11) is 2.02. The predicted molar refractivity (Wildman–Crippen MR) is 75.6 cm³/mol. The Morgan fingerprint density at radius 2 is 2.56 bits per heavy atom. The van der Waals surface area contributed by atoms with Crippen LogP contribution < -0.4 is 5.32 Å². The monoisotopic (exact) mass is 321 g/mol. The van der Waals surface area contributed by atoms with Crippen molar-refractivity contribution in [2.24, 2.45) is 0 Å². The molecule has 0 spiro atoms. The summed E-state index contributed by atoms with van der Waals surface area (Å²) in [6.07, 6.45) is 1.39. The lowest BCUT2D eigenvalue weighted by molar-refractivity contribution is 0.0494. The maximum absolute atomic E-state index is 5.83. The smallest absolute Gasteiger partial charge is 0.0822 e. The zero-order valence-electron chi connectivity index (χ0n) is 9.24. The Morgan fingerprint density at radius 1 is 1.69 bits per heavy atom. The molecule has 1 aliphatic rings. The van der Waals surface area contributed by atoms with E-state index < -0.39 is 0 Å². The van der Waals surface area contributed by atoms with Crippen molar-refractivity contribution < 1.29 is 4.74 Å². The van der Waals surface area contributed by atoms with Crippen molar-refractivity contribution in [2.75, 3.05) is 25.2 Å². The minimum absolute atomic E-state index is 0.345. The van der Waals surface area contributed by atoms with Crippen LogP contribution in [0.1, 0.15) is 4.88 Å². The molecule has 0 aliphatic carbocycles. The molecular formula is C11H16BrNOS2. The van der Waals surface area contributed by atoms with Crippen LogP contribution in [0.25, 0.3) is 0 Å². The van der Waals surface area contributed by atoms with Crippen LogP contribution >= 0.6 is 39.0 Å². The average molecular weight is 322 g/mol. The van der Waals surface area contributed by atoms with Crippen molar-refractivity contribution in [2.45, 2.75) is 18.6 Å². The summed E-state index contributed by atoms with van der Waals surface area (Å²) in [5.41, 5.74) is 0. The molecule has 2 unspecified atom stereocenters. The molecule has 2 rings (SSSR count). The molecule has 1 fully saturated rings. The zero-order chi connectivity index (χ0) is 11.4. The number of hydrogen-bond donors (Lipinski definition) is 1. The summed E-state index contributed by atoms with van der Waals surface area (Å²) in [4.78, 5) is 1.40. The van der Waals surface area contributed by atoms with Crippen LogP contribution in [0.3, 0.4) is 0 Å². The van der Waals surface area contributed by atoms with Gasteiger partial charge in [-0.05, 0) is 34.4 Å². The third-order valence-electron chi connectivity index (χ3n) is 2.76. The molecule has 2 nitrogen and oxygen atoms in total. The van der Waals surface area contributed by atoms with Crippen molar-refractivity contribution in [3.05, 3.63) is 20.8 Å². The van der Waals surface area contributed by atoms with Gasteiger partial charge in [0.1, 0.15) is 0 Å². The zero-order valence-corrected chi connectivity index (χ0v) is 12.5. The Bertz CT molecular complexity index is 326. The van der Waals surface area contributed by atoms with Crippen LogP contribution in [0.4, 0.5) is 0 Å². The van der Waals surface area contributed by atoms with Gasteiger partial charge in [-0.1, -0.05) is 0 Å². The lowest BCUT2D eigenvalue weighted by Gasteiger charge is -2.29. The van der Waals surface area contributed by atoms with Gasteiger partial charge in [0, 0.05) is 33.3 Å². The topological polar surface area (TPSA) is 21.3 Å². The van der Waals surface area contributed by atoms with E-state index in [4.69, 9.17) is 4.74 Å². The fourth-order valence-corrected chi connectivity index (χ4v) is 4.34. The van der Waals surface area contributed by atoms with Crippen LogP contribution in [0.2, 0.25) is 0 Å².